The molecule has 0 saturated carbocycles. The number of phenols is 1. The minimum Gasteiger partial charge on any atom is -0.508 e. The van der Waals surface area contributed by atoms with Crippen LogP contribution in [0.5, 0.6) is 5.75 Å². The number of aromatic hydroxyl groups is 1. The van der Waals surface area contributed by atoms with Gasteiger partial charge in [-0.3, -0.25) is 0 Å². The maximum Gasteiger partial charge on any atom is 0.338 e. The van der Waals surface area contributed by atoms with Gasteiger partial charge in [0.25, 0.3) is 0 Å². The average molecular weight is 264 g/mol. The molecule has 0 amide bonds. The normalized spacial score (nSPS) is 10.1. The van der Waals surface area contributed by atoms with Gasteiger partial charge in [-0.1, -0.05) is 18.7 Å². The molecule has 0 aliphatic carbocycles. The van der Waals surface area contributed by atoms with E-state index in [0.29, 0.717) is 11.1 Å². The van der Waals surface area contributed by atoms with E-state index >= 15 is 0 Å². The van der Waals surface area contributed by atoms with Crippen LogP contribution < -0.4 is 0 Å². The Morgan fingerprint density at radius 1 is 1.32 bits per heavy atom. The Balaban J connectivity index is 3.12. The molecular formula is C15H17FO3. The number of esters is 1. The summed E-state index contributed by atoms with van der Waals surface area (Å²) in [7, 11) is 0. The first-order chi connectivity index (χ1) is 8.81. The predicted octanol–water partition coefficient (Wildman–Crippen LogP) is 3.38. The Morgan fingerprint density at radius 2 is 1.95 bits per heavy atom. The lowest BCUT2D eigenvalue weighted by molar-refractivity contribution is 0.0538. The Bertz CT molecular complexity index is 532. The molecule has 0 aliphatic heterocycles. The van der Waals surface area contributed by atoms with Gasteiger partial charge in [-0.15, -0.1) is 0 Å². The van der Waals surface area contributed by atoms with Gasteiger partial charge in [0.15, 0.2) is 0 Å². The number of carbonyl (C=O) groups is 1. The quantitative estimate of drug-likeness (QED) is 0.655. The summed E-state index contributed by atoms with van der Waals surface area (Å²) in [4.78, 5) is 11.9. The minimum absolute atomic E-state index is 0.0155. The maximum atomic E-state index is 13.3. The fraction of sp³-hybridized carbons (Fsp3) is 0.267. The summed E-state index contributed by atoms with van der Waals surface area (Å²) in [6.45, 7) is 10.9. The lowest BCUT2D eigenvalue weighted by atomic mass is 10.00. The molecule has 1 N–H and O–H groups in total. The highest BCUT2D eigenvalue weighted by molar-refractivity contribution is 5.92. The second-order valence-corrected chi connectivity index (χ2v) is 4.62. The van der Waals surface area contributed by atoms with Gasteiger partial charge in [-0.2, -0.15) is 0 Å². The highest BCUT2D eigenvalue weighted by Gasteiger charge is 2.18. The van der Waals surface area contributed by atoms with Crippen molar-refractivity contribution in [1.82, 2.24) is 0 Å². The summed E-state index contributed by atoms with van der Waals surface area (Å²) in [5.41, 5.74) is 1.76. The molecule has 0 atom stereocenters. The van der Waals surface area contributed by atoms with Gasteiger partial charge in [0.2, 0.25) is 0 Å². The topological polar surface area (TPSA) is 46.5 Å². The Hall–Kier alpha value is -2.10. The van der Waals surface area contributed by atoms with Crippen molar-refractivity contribution in [2.75, 3.05) is 6.61 Å². The molecule has 0 heterocycles. The van der Waals surface area contributed by atoms with E-state index in [9.17, 15) is 14.3 Å². The SMILES string of the molecule is C=C(C)COC(=O)c1cc(F)cc(O)c1CC(=C)C. The number of hydrogen-bond acceptors (Lipinski definition) is 3. The molecule has 0 radical (unpaired) electrons. The van der Waals surface area contributed by atoms with Gasteiger partial charge in [0, 0.05) is 11.6 Å². The molecule has 0 aliphatic rings. The Morgan fingerprint density at radius 3 is 2.47 bits per heavy atom. The van der Waals surface area contributed by atoms with E-state index in [0.717, 1.165) is 17.7 Å². The van der Waals surface area contributed by atoms with Crippen LogP contribution in [0.1, 0.15) is 29.8 Å². The fourth-order valence-electron chi connectivity index (χ4n) is 1.56. The summed E-state index contributed by atoms with van der Waals surface area (Å²) in [5, 5.41) is 9.74. The molecule has 0 aromatic heterocycles. The van der Waals surface area contributed by atoms with Crippen molar-refractivity contribution >= 4 is 5.97 Å². The van der Waals surface area contributed by atoms with Crippen LogP contribution in [0.25, 0.3) is 0 Å². The lowest BCUT2D eigenvalue weighted by Gasteiger charge is -2.11. The fourth-order valence-corrected chi connectivity index (χ4v) is 1.56. The zero-order valence-corrected chi connectivity index (χ0v) is 11.1. The van der Waals surface area contributed by atoms with Crippen molar-refractivity contribution in [1.29, 1.82) is 0 Å². The molecule has 4 heteroatoms. The van der Waals surface area contributed by atoms with E-state index < -0.39 is 11.8 Å². The van der Waals surface area contributed by atoms with Crippen molar-refractivity contribution < 1.29 is 19.0 Å². The monoisotopic (exact) mass is 264 g/mol. The van der Waals surface area contributed by atoms with Crippen molar-refractivity contribution in [2.24, 2.45) is 0 Å². The standard InChI is InChI=1S/C15H17FO3/c1-9(2)5-12-13(6-11(16)7-14(12)17)15(18)19-8-10(3)4/h6-7,17H,1,3,5,8H2,2,4H3. The van der Waals surface area contributed by atoms with Crippen molar-refractivity contribution in [2.45, 2.75) is 20.3 Å². The van der Waals surface area contributed by atoms with Gasteiger partial charge in [0.1, 0.15) is 18.2 Å². The van der Waals surface area contributed by atoms with Gasteiger partial charge in [-0.05, 0) is 31.9 Å². The third-order valence-corrected chi connectivity index (χ3v) is 2.34. The third kappa shape index (κ3) is 4.25. The number of halogens is 1. The average Bonchev–Trinajstić information content (AvgIpc) is 2.28. The number of allylic oxidation sites excluding steroid dienone is 1. The van der Waals surface area contributed by atoms with Crippen LogP contribution in [0.15, 0.2) is 36.4 Å². The summed E-state index contributed by atoms with van der Waals surface area (Å²) >= 11 is 0. The molecule has 0 saturated heterocycles. The molecule has 0 bridgehead atoms. The van der Waals surface area contributed by atoms with Crippen molar-refractivity contribution in [3.8, 4) is 5.75 Å². The number of phenolic OH excluding ortho intramolecular Hbond substituents is 1. The van der Waals surface area contributed by atoms with Crippen molar-refractivity contribution in [3.63, 3.8) is 0 Å². The molecule has 0 spiro atoms. The molecule has 0 fully saturated rings. The van der Waals surface area contributed by atoms with Crippen LogP contribution in [0.4, 0.5) is 4.39 Å². The lowest BCUT2D eigenvalue weighted by Crippen LogP contribution is -2.11. The molecule has 0 unspecified atom stereocenters. The first kappa shape index (κ1) is 15.0. The molecule has 3 nitrogen and oxygen atoms in total. The highest BCUT2D eigenvalue weighted by atomic mass is 19.1. The van der Waals surface area contributed by atoms with E-state index in [4.69, 9.17) is 4.74 Å². The minimum atomic E-state index is -0.690. The molecule has 102 valence electrons. The first-order valence-electron chi connectivity index (χ1n) is 5.78. The van der Waals surface area contributed by atoms with E-state index in [1.54, 1.807) is 13.8 Å². The Kier molecular flexibility index (Phi) is 4.87. The van der Waals surface area contributed by atoms with Crippen LogP contribution >= 0.6 is 0 Å². The second kappa shape index (κ2) is 6.18. The number of rotatable bonds is 5. The highest BCUT2D eigenvalue weighted by Crippen LogP contribution is 2.26. The van der Waals surface area contributed by atoms with E-state index in [-0.39, 0.29) is 24.3 Å². The van der Waals surface area contributed by atoms with Crippen LogP contribution in [-0.2, 0) is 11.2 Å². The molecule has 1 aromatic carbocycles. The maximum absolute atomic E-state index is 13.3. The summed E-state index contributed by atoms with van der Waals surface area (Å²) in [6, 6.07) is 2.02. The smallest absolute Gasteiger partial charge is 0.338 e. The van der Waals surface area contributed by atoms with Crippen molar-refractivity contribution in [3.05, 3.63) is 53.4 Å². The summed E-state index contributed by atoms with van der Waals surface area (Å²) in [5.74, 6) is -1.65. The predicted molar refractivity (Wildman–Crippen MR) is 71.7 cm³/mol. The number of hydrogen-bond donors (Lipinski definition) is 1. The number of ether oxygens (including phenoxy) is 1. The zero-order chi connectivity index (χ0) is 14.6. The second-order valence-electron chi connectivity index (χ2n) is 4.62. The molecule has 1 aromatic rings. The molecule has 1 rings (SSSR count). The van der Waals surface area contributed by atoms with Gasteiger partial charge < -0.3 is 9.84 Å². The van der Waals surface area contributed by atoms with Crippen LogP contribution in [-0.4, -0.2) is 17.7 Å². The summed E-state index contributed by atoms with van der Waals surface area (Å²) in [6.07, 6.45) is 0.281. The van der Waals surface area contributed by atoms with Gasteiger partial charge >= 0.3 is 5.97 Å². The summed E-state index contributed by atoms with van der Waals surface area (Å²) < 4.78 is 18.3. The molecular weight excluding hydrogens is 247 g/mol. The van der Waals surface area contributed by atoms with Crippen LogP contribution in [0.3, 0.4) is 0 Å². The van der Waals surface area contributed by atoms with Gasteiger partial charge in [0.05, 0.1) is 5.56 Å². The first-order valence-corrected chi connectivity index (χ1v) is 5.78. The van der Waals surface area contributed by atoms with E-state index in [1.807, 2.05) is 0 Å². The largest absolute Gasteiger partial charge is 0.508 e. The number of carbonyl (C=O) groups excluding carboxylic acids is 1. The third-order valence-electron chi connectivity index (χ3n) is 2.34. The van der Waals surface area contributed by atoms with E-state index in [2.05, 4.69) is 13.2 Å². The van der Waals surface area contributed by atoms with E-state index in [1.165, 1.54) is 0 Å². The molecule has 19 heavy (non-hydrogen) atoms. The van der Waals surface area contributed by atoms with Gasteiger partial charge in [-0.25, -0.2) is 9.18 Å². The van der Waals surface area contributed by atoms with Crippen LogP contribution in [0.2, 0.25) is 0 Å². The van der Waals surface area contributed by atoms with Crippen LogP contribution in [0, 0.1) is 5.82 Å². The Labute approximate surface area is 112 Å². The zero-order valence-electron chi connectivity index (χ0n) is 11.1. The number of benzene rings is 1.